The summed E-state index contributed by atoms with van der Waals surface area (Å²) >= 11 is 0. The van der Waals surface area contributed by atoms with Gasteiger partial charge >= 0.3 is 0 Å². The summed E-state index contributed by atoms with van der Waals surface area (Å²) in [5.74, 6) is 1.92. The van der Waals surface area contributed by atoms with Crippen molar-refractivity contribution in [3.63, 3.8) is 0 Å². The van der Waals surface area contributed by atoms with Gasteiger partial charge in [0, 0.05) is 12.6 Å². The second-order valence-electron chi connectivity index (χ2n) is 5.83. The second-order valence-corrected chi connectivity index (χ2v) is 5.83. The molecule has 0 heterocycles. The molecule has 106 valence electrons. The maximum absolute atomic E-state index is 5.67. The third-order valence-electron chi connectivity index (χ3n) is 3.98. The highest BCUT2D eigenvalue weighted by molar-refractivity contribution is 5.28. The van der Waals surface area contributed by atoms with E-state index in [-0.39, 0.29) is 0 Å². The fourth-order valence-corrected chi connectivity index (χ4v) is 2.69. The molecule has 0 bridgehead atoms. The van der Waals surface area contributed by atoms with Crippen molar-refractivity contribution in [2.75, 3.05) is 6.61 Å². The van der Waals surface area contributed by atoms with Crippen LogP contribution < -0.4 is 10.1 Å². The van der Waals surface area contributed by atoms with Gasteiger partial charge in [-0.05, 0) is 55.7 Å². The van der Waals surface area contributed by atoms with Gasteiger partial charge in [0.25, 0.3) is 0 Å². The minimum absolute atomic E-state index is 0.705. The molecule has 0 amide bonds. The molecule has 1 aromatic carbocycles. The highest BCUT2D eigenvalue weighted by Crippen LogP contribution is 2.23. The molecule has 1 aliphatic rings. The zero-order valence-corrected chi connectivity index (χ0v) is 12.3. The maximum Gasteiger partial charge on any atom is 0.119 e. The van der Waals surface area contributed by atoms with Crippen LogP contribution in [0, 0.1) is 5.92 Å². The van der Waals surface area contributed by atoms with Crippen LogP contribution in [0.25, 0.3) is 0 Å². The third kappa shape index (κ3) is 4.87. The van der Waals surface area contributed by atoms with Crippen LogP contribution in [0.4, 0.5) is 0 Å². The fraction of sp³-hybridized carbons (Fsp3) is 0.647. The Morgan fingerprint density at radius 2 is 2.00 bits per heavy atom. The van der Waals surface area contributed by atoms with Crippen LogP contribution >= 0.6 is 0 Å². The predicted molar refractivity (Wildman–Crippen MR) is 80.5 cm³/mol. The van der Waals surface area contributed by atoms with Crippen LogP contribution in [0.3, 0.4) is 0 Å². The molecule has 0 unspecified atom stereocenters. The van der Waals surface area contributed by atoms with Gasteiger partial charge in [-0.25, -0.2) is 0 Å². The lowest BCUT2D eigenvalue weighted by Gasteiger charge is -2.27. The van der Waals surface area contributed by atoms with E-state index in [0.29, 0.717) is 6.04 Å². The summed E-state index contributed by atoms with van der Waals surface area (Å²) in [5, 5.41) is 3.69. The second kappa shape index (κ2) is 7.54. The first-order valence-corrected chi connectivity index (χ1v) is 7.73. The summed E-state index contributed by atoms with van der Waals surface area (Å²) in [5.41, 5.74) is 1.33. The van der Waals surface area contributed by atoms with E-state index < -0.39 is 0 Å². The molecule has 1 saturated carbocycles. The topological polar surface area (TPSA) is 21.3 Å². The van der Waals surface area contributed by atoms with Gasteiger partial charge in [0.05, 0.1) is 6.61 Å². The van der Waals surface area contributed by atoms with Gasteiger partial charge in [-0.1, -0.05) is 26.0 Å². The molecule has 2 nitrogen and oxygen atoms in total. The van der Waals surface area contributed by atoms with Crippen LogP contribution in [0.2, 0.25) is 0 Å². The molecule has 1 aromatic rings. The molecule has 1 N–H and O–H groups in total. The lowest BCUT2D eigenvalue weighted by Crippen LogP contribution is -2.32. The van der Waals surface area contributed by atoms with E-state index in [1.54, 1.807) is 0 Å². The SMILES string of the molecule is CCCOc1cccc(CNC2CCC(C)CC2)c1. The normalized spacial score (nSPS) is 23.3. The monoisotopic (exact) mass is 261 g/mol. The minimum atomic E-state index is 0.705. The first-order chi connectivity index (χ1) is 9.28. The lowest BCUT2D eigenvalue weighted by atomic mass is 9.87. The first kappa shape index (κ1) is 14.4. The predicted octanol–water partition coefficient (Wildman–Crippen LogP) is 4.14. The summed E-state index contributed by atoms with van der Waals surface area (Å²) in [6.45, 7) is 6.26. The number of nitrogens with one attached hydrogen (secondary N) is 1. The highest BCUT2D eigenvalue weighted by Gasteiger charge is 2.17. The summed E-state index contributed by atoms with van der Waals surface area (Å²) in [7, 11) is 0. The summed E-state index contributed by atoms with van der Waals surface area (Å²) in [6.07, 6.45) is 6.46. The van der Waals surface area contributed by atoms with Crippen LogP contribution in [-0.2, 0) is 6.54 Å². The molecule has 0 spiro atoms. The molecule has 1 fully saturated rings. The van der Waals surface area contributed by atoms with Gasteiger partial charge in [0.2, 0.25) is 0 Å². The maximum atomic E-state index is 5.67. The fourth-order valence-electron chi connectivity index (χ4n) is 2.69. The highest BCUT2D eigenvalue weighted by atomic mass is 16.5. The van der Waals surface area contributed by atoms with Crippen molar-refractivity contribution in [3.05, 3.63) is 29.8 Å². The molecular weight excluding hydrogens is 234 g/mol. The van der Waals surface area contributed by atoms with Crippen molar-refractivity contribution in [2.24, 2.45) is 5.92 Å². The summed E-state index contributed by atoms with van der Waals surface area (Å²) < 4.78 is 5.67. The average Bonchev–Trinajstić information content (AvgIpc) is 2.45. The Labute approximate surface area is 117 Å². The average molecular weight is 261 g/mol. The van der Waals surface area contributed by atoms with Gasteiger partial charge < -0.3 is 10.1 Å². The zero-order valence-electron chi connectivity index (χ0n) is 12.3. The van der Waals surface area contributed by atoms with Crippen molar-refractivity contribution in [2.45, 2.75) is 58.5 Å². The molecule has 0 radical (unpaired) electrons. The van der Waals surface area contributed by atoms with Gasteiger partial charge in [-0.15, -0.1) is 0 Å². The van der Waals surface area contributed by atoms with Crippen molar-refractivity contribution < 1.29 is 4.74 Å². The number of benzene rings is 1. The molecule has 0 atom stereocenters. The summed E-state index contributed by atoms with van der Waals surface area (Å²) in [4.78, 5) is 0. The molecule has 2 rings (SSSR count). The number of hydrogen-bond donors (Lipinski definition) is 1. The van der Waals surface area contributed by atoms with Gasteiger partial charge in [-0.2, -0.15) is 0 Å². The Bertz CT molecular complexity index is 369. The standard InChI is InChI=1S/C17H27NO/c1-3-11-19-17-6-4-5-15(12-17)13-18-16-9-7-14(2)8-10-16/h4-6,12,14,16,18H,3,7-11,13H2,1-2H3. The van der Waals surface area contributed by atoms with Crippen molar-refractivity contribution >= 4 is 0 Å². The Balaban J connectivity index is 1.78. The molecule has 2 heteroatoms. The first-order valence-electron chi connectivity index (χ1n) is 7.73. The molecule has 0 aliphatic heterocycles. The Morgan fingerprint density at radius 3 is 2.74 bits per heavy atom. The van der Waals surface area contributed by atoms with Crippen LogP contribution in [-0.4, -0.2) is 12.6 Å². The molecule has 19 heavy (non-hydrogen) atoms. The smallest absolute Gasteiger partial charge is 0.119 e. The van der Waals surface area contributed by atoms with Gasteiger partial charge in [0.1, 0.15) is 5.75 Å². The van der Waals surface area contributed by atoms with E-state index in [1.807, 2.05) is 6.07 Å². The Hall–Kier alpha value is -1.02. The van der Waals surface area contributed by atoms with Crippen molar-refractivity contribution in [1.82, 2.24) is 5.32 Å². The summed E-state index contributed by atoms with van der Waals surface area (Å²) in [6, 6.07) is 9.18. The Kier molecular flexibility index (Phi) is 5.71. The van der Waals surface area contributed by atoms with Gasteiger partial charge in [-0.3, -0.25) is 0 Å². The largest absolute Gasteiger partial charge is 0.494 e. The van der Waals surface area contributed by atoms with Crippen LogP contribution in [0.1, 0.15) is 51.5 Å². The van der Waals surface area contributed by atoms with Gasteiger partial charge in [0.15, 0.2) is 0 Å². The molecule has 0 aromatic heterocycles. The van der Waals surface area contributed by atoms with Crippen molar-refractivity contribution in [3.8, 4) is 5.75 Å². The molecule has 1 aliphatic carbocycles. The Morgan fingerprint density at radius 1 is 1.21 bits per heavy atom. The minimum Gasteiger partial charge on any atom is -0.494 e. The molecule has 0 saturated heterocycles. The number of ether oxygens (including phenoxy) is 1. The molecular formula is C17H27NO. The van der Waals surface area contributed by atoms with E-state index in [9.17, 15) is 0 Å². The van der Waals surface area contributed by atoms with E-state index in [0.717, 1.165) is 31.2 Å². The number of hydrogen-bond acceptors (Lipinski definition) is 2. The quantitative estimate of drug-likeness (QED) is 0.831. The van der Waals surface area contributed by atoms with Crippen LogP contribution in [0.15, 0.2) is 24.3 Å². The van der Waals surface area contributed by atoms with Crippen molar-refractivity contribution in [1.29, 1.82) is 0 Å². The third-order valence-corrected chi connectivity index (χ3v) is 3.98. The van der Waals surface area contributed by atoms with E-state index in [4.69, 9.17) is 4.74 Å². The zero-order chi connectivity index (χ0) is 13.5. The van der Waals surface area contributed by atoms with E-state index in [1.165, 1.54) is 31.2 Å². The van der Waals surface area contributed by atoms with Crippen LogP contribution in [0.5, 0.6) is 5.75 Å². The van der Waals surface area contributed by atoms with E-state index >= 15 is 0 Å². The van der Waals surface area contributed by atoms with E-state index in [2.05, 4.69) is 37.4 Å². The lowest BCUT2D eigenvalue weighted by molar-refractivity contribution is 0.305. The number of rotatable bonds is 6.